The van der Waals surface area contributed by atoms with Gasteiger partial charge in [-0.3, -0.25) is 4.99 Å². The van der Waals surface area contributed by atoms with Crippen molar-refractivity contribution >= 4 is 11.9 Å². The second-order valence-corrected chi connectivity index (χ2v) is 7.26. The lowest BCUT2D eigenvalue weighted by atomic mass is 9.95. The number of halogens is 12. The molecule has 1 rings (SSSR count). The third-order valence-corrected chi connectivity index (χ3v) is 4.60. The summed E-state index contributed by atoms with van der Waals surface area (Å²) in [5, 5.41) is 14.4. The first-order valence-corrected chi connectivity index (χ1v) is 9.18. The number of hydrogen-bond acceptors (Lipinski definition) is 3. The second kappa shape index (κ2) is 11.1. The molecule has 0 aromatic carbocycles. The van der Waals surface area contributed by atoms with E-state index in [1.165, 1.54) is 6.92 Å². The molecule has 0 unspecified atom stereocenters. The molecule has 0 amide bonds. The number of nitrogens with zero attached hydrogens (tertiary/aromatic N) is 1. The van der Waals surface area contributed by atoms with Gasteiger partial charge in [-0.2, -0.15) is 52.7 Å². The van der Waals surface area contributed by atoms with Gasteiger partial charge in [-0.15, -0.1) is 0 Å². The SMILES string of the molecule is CC(CC(C(F)(F)F)C(F)(F)F)=NC1CCCCC1.N=CCC(O)(C(F)(F)F)C(F)(F)F. The van der Waals surface area contributed by atoms with Crippen LogP contribution in [0.5, 0.6) is 0 Å². The minimum Gasteiger partial charge on any atom is -0.373 e. The van der Waals surface area contributed by atoms with Gasteiger partial charge in [0.1, 0.15) is 0 Å². The molecule has 0 radical (unpaired) electrons. The van der Waals surface area contributed by atoms with Crippen LogP contribution in [0.2, 0.25) is 0 Å². The standard InChI is InChI=1S/C12H17F6N.C5H5F6NO/c1-8(19-9-5-3-2-4-6-9)7-10(11(13,14)15)12(16,17)18;6-4(7,8)3(13,1-2-12)5(9,10)11/h9-10H,2-7H2,1H3;2,12-13H,1H2. The van der Waals surface area contributed by atoms with Gasteiger partial charge in [-0.25, -0.2) is 0 Å². The fraction of sp³-hybridized carbons (Fsp3) is 0.882. The van der Waals surface area contributed by atoms with Crippen molar-refractivity contribution in [3.8, 4) is 0 Å². The third kappa shape index (κ3) is 9.14. The Morgan fingerprint density at radius 3 is 1.56 bits per heavy atom. The number of nitrogens with one attached hydrogen (secondary N) is 1. The summed E-state index contributed by atoms with van der Waals surface area (Å²) in [5.74, 6) is -3.31. The molecule has 0 aromatic heterocycles. The first kappa shape index (κ1) is 30.5. The normalized spacial score (nSPS) is 17.8. The molecular weight excluding hydrogens is 476 g/mol. The third-order valence-electron chi connectivity index (χ3n) is 4.60. The molecule has 0 bridgehead atoms. The summed E-state index contributed by atoms with van der Waals surface area (Å²) in [6.07, 6.45) is -20.9. The van der Waals surface area contributed by atoms with Gasteiger partial charge in [0, 0.05) is 24.6 Å². The van der Waals surface area contributed by atoms with Crippen LogP contribution in [0.4, 0.5) is 52.7 Å². The van der Waals surface area contributed by atoms with E-state index in [0.717, 1.165) is 32.1 Å². The molecule has 1 aliphatic rings. The Morgan fingerprint density at radius 2 is 1.28 bits per heavy atom. The maximum Gasteiger partial charge on any atom is 0.426 e. The lowest BCUT2D eigenvalue weighted by Crippen LogP contribution is -2.56. The van der Waals surface area contributed by atoms with Crippen LogP contribution in [-0.4, -0.2) is 53.4 Å². The van der Waals surface area contributed by atoms with Crippen molar-refractivity contribution in [1.29, 1.82) is 5.41 Å². The minimum absolute atomic E-state index is 0.0634. The lowest BCUT2D eigenvalue weighted by Gasteiger charge is -2.30. The van der Waals surface area contributed by atoms with Crippen molar-refractivity contribution in [2.24, 2.45) is 10.9 Å². The monoisotopic (exact) mass is 498 g/mol. The molecule has 0 saturated heterocycles. The molecule has 1 saturated carbocycles. The Hall–Kier alpha value is -1.54. The zero-order chi connectivity index (χ0) is 25.6. The van der Waals surface area contributed by atoms with Gasteiger partial charge in [-0.1, -0.05) is 19.3 Å². The summed E-state index contributed by atoms with van der Waals surface area (Å²) in [4.78, 5) is 4.02. The molecule has 32 heavy (non-hydrogen) atoms. The number of alkyl halides is 12. The molecule has 0 spiro atoms. The van der Waals surface area contributed by atoms with E-state index in [4.69, 9.17) is 10.5 Å². The molecule has 1 fully saturated rings. The second-order valence-electron chi connectivity index (χ2n) is 7.26. The molecule has 2 N–H and O–H groups in total. The minimum atomic E-state index is -5.83. The zero-order valence-electron chi connectivity index (χ0n) is 16.6. The topological polar surface area (TPSA) is 56.4 Å². The van der Waals surface area contributed by atoms with Gasteiger partial charge in [0.25, 0.3) is 5.60 Å². The number of hydrogen-bond donors (Lipinski definition) is 2. The van der Waals surface area contributed by atoms with Crippen LogP contribution >= 0.6 is 0 Å². The van der Waals surface area contributed by atoms with Crippen LogP contribution in [0.15, 0.2) is 4.99 Å². The molecule has 0 aliphatic heterocycles. The predicted molar refractivity (Wildman–Crippen MR) is 90.7 cm³/mol. The van der Waals surface area contributed by atoms with Crippen molar-refractivity contribution in [3.63, 3.8) is 0 Å². The predicted octanol–water partition coefficient (Wildman–Crippen LogP) is 6.79. The van der Waals surface area contributed by atoms with Gasteiger partial charge in [0.05, 0.1) is 0 Å². The molecular formula is C17H22F12N2O. The summed E-state index contributed by atoms with van der Waals surface area (Å²) < 4.78 is 145. The summed E-state index contributed by atoms with van der Waals surface area (Å²) in [5.41, 5.74) is -4.88. The average molecular weight is 498 g/mol. The van der Waals surface area contributed by atoms with E-state index in [1.807, 2.05) is 0 Å². The fourth-order valence-corrected chi connectivity index (χ4v) is 2.83. The van der Waals surface area contributed by atoms with E-state index in [1.54, 1.807) is 0 Å². The van der Waals surface area contributed by atoms with Crippen molar-refractivity contribution in [2.45, 2.75) is 88.2 Å². The molecule has 0 heterocycles. The van der Waals surface area contributed by atoms with Gasteiger partial charge in [-0.05, 0) is 26.0 Å². The van der Waals surface area contributed by atoms with E-state index in [2.05, 4.69) is 4.99 Å². The molecule has 15 heteroatoms. The van der Waals surface area contributed by atoms with E-state index >= 15 is 0 Å². The molecule has 0 atom stereocenters. The van der Waals surface area contributed by atoms with Crippen molar-refractivity contribution < 1.29 is 57.8 Å². The molecule has 0 aromatic rings. The molecule has 1 aliphatic carbocycles. The number of rotatable bonds is 5. The Balaban J connectivity index is 0.000000649. The maximum absolute atomic E-state index is 12.4. The first-order valence-electron chi connectivity index (χ1n) is 9.18. The van der Waals surface area contributed by atoms with Crippen molar-refractivity contribution in [1.82, 2.24) is 0 Å². The first-order chi connectivity index (χ1) is 14.2. The summed E-state index contributed by atoms with van der Waals surface area (Å²) in [7, 11) is 0. The van der Waals surface area contributed by atoms with Crippen molar-refractivity contribution in [2.75, 3.05) is 0 Å². The highest BCUT2D eigenvalue weighted by Gasteiger charge is 2.69. The summed E-state index contributed by atoms with van der Waals surface area (Å²) >= 11 is 0. The number of aliphatic hydroxyl groups is 1. The Kier molecular flexibility index (Phi) is 10.5. The zero-order valence-corrected chi connectivity index (χ0v) is 16.6. The van der Waals surface area contributed by atoms with E-state index in [0.29, 0.717) is 0 Å². The van der Waals surface area contributed by atoms with Crippen LogP contribution in [0, 0.1) is 11.3 Å². The quantitative estimate of drug-likeness (QED) is 0.318. The lowest BCUT2D eigenvalue weighted by molar-refractivity contribution is -0.364. The van der Waals surface area contributed by atoms with Crippen LogP contribution in [-0.2, 0) is 0 Å². The van der Waals surface area contributed by atoms with Gasteiger partial charge >= 0.3 is 24.7 Å². The smallest absolute Gasteiger partial charge is 0.373 e. The van der Waals surface area contributed by atoms with Gasteiger partial charge < -0.3 is 10.5 Å². The fourth-order valence-electron chi connectivity index (χ4n) is 2.83. The Morgan fingerprint density at radius 1 is 0.875 bits per heavy atom. The van der Waals surface area contributed by atoms with Crippen LogP contribution in [0.25, 0.3) is 0 Å². The average Bonchev–Trinajstić information content (AvgIpc) is 2.57. The Bertz CT molecular complexity index is 585. The van der Waals surface area contributed by atoms with Crippen LogP contribution < -0.4 is 0 Å². The van der Waals surface area contributed by atoms with E-state index in [9.17, 15) is 52.7 Å². The summed E-state index contributed by atoms with van der Waals surface area (Å²) in [6, 6.07) is -0.115. The Labute approximate surface area is 175 Å². The molecule has 3 nitrogen and oxygen atoms in total. The van der Waals surface area contributed by atoms with E-state index in [-0.39, 0.29) is 18.0 Å². The number of aliphatic imine (C=N–C) groups is 1. The van der Waals surface area contributed by atoms with Crippen LogP contribution in [0.3, 0.4) is 0 Å². The highest BCUT2D eigenvalue weighted by Crippen LogP contribution is 2.44. The van der Waals surface area contributed by atoms with Gasteiger partial charge in [0.15, 0.2) is 5.92 Å². The summed E-state index contributed by atoms with van der Waals surface area (Å²) in [6.45, 7) is 1.25. The van der Waals surface area contributed by atoms with Gasteiger partial charge in [0.2, 0.25) is 0 Å². The highest BCUT2D eigenvalue weighted by molar-refractivity contribution is 5.82. The highest BCUT2D eigenvalue weighted by atomic mass is 19.4. The largest absolute Gasteiger partial charge is 0.426 e. The van der Waals surface area contributed by atoms with Crippen LogP contribution in [0.1, 0.15) is 51.9 Å². The molecule has 190 valence electrons. The van der Waals surface area contributed by atoms with E-state index < -0.39 is 49.1 Å². The van der Waals surface area contributed by atoms with Crippen molar-refractivity contribution in [3.05, 3.63) is 0 Å². The maximum atomic E-state index is 12.4.